The fourth-order valence-corrected chi connectivity index (χ4v) is 1.71. The second-order valence-electron chi connectivity index (χ2n) is 4.83. The van der Waals surface area contributed by atoms with Gasteiger partial charge in [0.05, 0.1) is 12.6 Å². The summed E-state index contributed by atoms with van der Waals surface area (Å²) >= 11 is 0. The molecule has 1 aromatic rings. The molecule has 0 fully saturated rings. The molecule has 4 N–H and O–H groups in total. The molecular weight excluding hydrogens is 256 g/mol. The van der Waals surface area contributed by atoms with Crippen molar-refractivity contribution in [1.82, 2.24) is 10.2 Å². The first-order chi connectivity index (χ1) is 9.35. The number of amides is 2. The van der Waals surface area contributed by atoms with Gasteiger partial charge in [-0.3, -0.25) is 14.5 Å². The average Bonchev–Trinajstić information content (AvgIpc) is 2.40. The van der Waals surface area contributed by atoms with E-state index >= 15 is 0 Å². The van der Waals surface area contributed by atoms with Crippen LogP contribution in [0, 0.1) is 6.92 Å². The molecule has 0 aliphatic heterocycles. The zero-order chi connectivity index (χ0) is 15.3. The zero-order valence-corrected chi connectivity index (χ0v) is 12.4. The molecule has 110 valence electrons. The van der Waals surface area contributed by atoms with Crippen LogP contribution in [-0.4, -0.2) is 43.4 Å². The summed E-state index contributed by atoms with van der Waals surface area (Å²) in [6.45, 7) is 3.81. The number of benzene rings is 1. The Hall–Kier alpha value is -2.08. The minimum absolute atomic E-state index is 0.129. The molecule has 0 aromatic heterocycles. The van der Waals surface area contributed by atoms with E-state index in [1.807, 2.05) is 6.92 Å². The molecule has 6 nitrogen and oxygen atoms in total. The van der Waals surface area contributed by atoms with Gasteiger partial charge in [0.15, 0.2) is 0 Å². The summed E-state index contributed by atoms with van der Waals surface area (Å²) in [6, 6.07) is 4.90. The van der Waals surface area contributed by atoms with Gasteiger partial charge in [0.25, 0.3) is 0 Å². The van der Waals surface area contributed by atoms with Crippen molar-refractivity contribution in [3.63, 3.8) is 0 Å². The van der Waals surface area contributed by atoms with Crippen LogP contribution in [0.3, 0.4) is 0 Å². The van der Waals surface area contributed by atoms with E-state index in [0.717, 1.165) is 11.3 Å². The van der Waals surface area contributed by atoms with E-state index < -0.39 is 6.04 Å². The lowest BCUT2D eigenvalue weighted by Gasteiger charge is -2.23. The summed E-state index contributed by atoms with van der Waals surface area (Å²) in [5.74, 6) is -0.292. The molecule has 0 heterocycles. The van der Waals surface area contributed by atoms with Gasteiger partial charge in [-0.1, -0.05) is 0 Å². The van der Waals surface area contributed by atoms with E-state index in [1.54, 1.807) is 44.1 Å². The fraction of sp³-hybridized carbons (Fsp3) is 0.429. The van der Waals surface area contributed by atoms with Gasteiger partial charge in [-0.15, -0.1) is 0 Å². The van der Waals surface area contributed by atoms with E-state index in [-0.39, 0.29) is 18.4 Å². The second-order valence-corrected chi connectivity index (χ2v) is 4.83. The highest BCUT2D eigenvalue weighted by Crippen LogP contribution is 2.18. The van der Waals surface area contributed by atoms with Crippen LogP contribution in [-0.2, 0) is 9.59 Å². The summed E-state index contributed by atoms with van der Waals surface area (Å²) in [4.78, 5) is 25.1. The van der Waals surface area contributed by atoms with Gasteiger partial charge < -0.3 is 16.4 Å². The predicted octanol–water partition coefficient (Wildman–Crippen LogP) is 0.582. The van der Waals surface area contributed by atoms with Gasteiger partial charge in [0, 0.05) is 18.4 Å². The van der Waals surface area contributed by atoms with E-state index in [4.69, 9.17) is 5.73 Å². The normalized spacial score (nSPS) is 12.1. The number of hydrogen-bond acceptors (Lipinski definition) is 4. The van der Waals surface area contributed by atoms with E-state index in [9.17, 15) is 9.59 Å². The van der Waals surface area contributed by atoms with Gasteiger partial charge in [-0.2, -0.15) is 0 Å². The predicted molar refractivity (Wildman–Crippen MR) is 80.4 cm³/mol. The van der Waals surface area contributed by atoms with E-state index in [1.165, 1.54) is 0 Å². The van der Waals surface area contributed by atoms with Crippen molar-refractivity contribution in [2.45, 2.75) is 19.9 Å². The number of hydrogen-bond donors (Lipinski definition) is 3. The van der Waals surface area contributed by atoms with Crippen molar-refractivity contribution < 1.29 is 9.59 Å². The van der Waals surface area contributed by atoms with Gasteiger partial charge in [0.1, 0.15) is 0 Å². The lowest BCUT2D eigenvalue weighted by molar-refractivity contribution is -0.124. The molecule has 2 amide bonds. The highest BCUT2D eigenvalue weighted by molar-refractivity contribution is 5.95. The number of nitrogens with zero attached hydrogens (tertiary/aromatic N) is 1. The third-order valence-electron chi connectivity index (χ3n) is 3.22. The van der Waals surface area contributed by atoms with E-state index in [2.05, 4.69) is 10.6 Å². The van der Waals surface area contributed by atoms with Gasteiger partial charge >= 0.3 is 0 Å². The minimum atomic E-state index is -0.413. The molecule has 0 saturated heterocycles. The summed E-state index contributed by atoms with van der Waals surface area (Å²) < 4.78 is 0. The van der Waals surface area contributed by atoms with Crippen molar-refractivity contribution >= 4 is 23.2 Å². The van der Waals surface area contributed by atoms with Crippen LogP contribution in [0.5, 0.6) is 0 Å². The summed E-state index contributed by atoms with van der Waals surface area (Å²) in [5.41, 5.74) is 7.96. The van der Waals surface area contributed by atoms with Crippen molar-refractivity contribution in [3.05, 3.63) is 23.8 Å². The number of likely N-dealkylation sites (N-methyl/N-ethyl adjacent to an activating group) is 2. The number of nitrogen functional groups attached to an aromatic ring is 1. The number of aryl methyl sites for hydroxylation is 1. The first-order valence-electron chi connectivity index (χ1n) is 6.43. The molecule has 1 aromatic carbocycles. The first-order valence-corrected chi connectivity index (χ1v) is 6.43. The molecule has 0 saturated carbocycles. The van der Waals surface area contributed by atoms with Crippen LogP contribution in [0.25, 0.3) is 0 Å². The van der Waals surface area contributed by atoms with Gasteiger partial charge in [0.2, 0.25) is 11.8 Å². The van der Waals surface area contributed by atoms with Crippen molar-refractivity contribution in [3.8, 4) is 0 Å². The Bertz CT molecular complexity index is 502. The van der Waals surface area contributed by atoms with Crippen molar-refractivity contribution in [1.29, 1.82) is 0 Å². The number of carbonyl (C=O) groups is 2. The molecule has 1 atom stereocenters. The Morgan fingerprint density at radius 3 is 2.60 bits per heavy atom. The number of nitrogens with two attached hydrogens (primary N) is 1. The van der Waals surface area contributed by atoms with Gasteiger partial charge in [-0.25, -0.2) is 0 Å². The van der Waals surface area contributed by atoms with Crippen LogP contribution in [0.4, 0.5) is 11.4 Å². The van der Waals surface area contributed by atoms with Crippen molar-refractivity contribution in [2.75, 3.05) is 31.7 Å². The Labute approximate surface area is 119 Å². The molecule has 0 aliphatic carbocycles. The van der Waals surface area contributed by atoms with Gasteiger partial charge in [-0.05, 0) is 44.7 Å². The Morgan fingerprint density at radius 1 is 1.40 bits per heavy atom. The number of rotatable bonds is 5. The quantitative estimate of drug-likeness (QED) is 0.688. The molecule has 0 spiro atoms. The largest absolute Gasteiger partial charge is 0.399 e. The highest BCUT2D eigenvalue weighted by Gasteiger charge is 2.20. The van der Waals surface area contributed by atoms with E-state index in [0.29, 0.717) is 5.69 Å². The van der Waals surface area contributed by atoms with Crippen LogP contribution in [0.1, 0.15) is 12.5 Å². The zero-order valence-electron chi connectivity index (χ0n) is 12.4. The molecule has 0 radical (unpaired) electrons. The number of nitrogens with one attached hydrogen (secondary N) is 2. The van der Waals surface area contributed by atoms with Crippen molar-refractivity contribution in [2.24, 2.45) is 0 Å². The summed E-state index contributed by atoms with van der Waals surface area (Å²) in [5, 5.41) is 5.37. The molecule has 20 heavy (non-hydrogen) atoms. The molecule has 1 rings (SSSR count). The molecule has 0 bridgehead atoms. The molecule has 0 aliphatic rings. The lowest BCUT2D eigenvalue weighted by atomic mass is 10.1. The third kappa shape index (κ3) is 4.24. The number of anilines is 2. The SMILES string of the molecule is CNC(=O)CN(C)C(C)C(=O)Nc1ccc(N)cc1C. The monoisotopic (exact) mass is 278 g/mol. The third-order valence-corrected chi connectivity index (χ3v) is 3.22. The smallest absolute Gasteiger partial charge is 0.241 e. The highest BCUT2D eigenvalue weighted by atomic mass is 16.2. The van der Waals surface area contributed by atoms with Crippen LogP contribution in [0.15, 0.2) is 18.2 Å². The Morgan fingerprint density at radius 2 is 2.05 bits per heavy atom. The summed E-state index contributed by atoms with van der Waals surface area (Å²) in [6.07, 6.45) is 0. The van der Waals surface area contributed by atoms with Crippen LogP contribution in [0.2, 0.25) is 0 Å². The minimum Gasteiger partial charge on any atom is -0.399 e. The fourth-order valence-electron chi connectivity index (χ4n) is 1.71. The first kappa shape index (κ1) is 16.0. The average molecular weight is 278 g/mol. The molecule has 6 heteroatoms. The topological polar surface area (TPSA) is 87.5 Å². The standard InChI is InChI=1S/C14H22N4O2/c1-9-7-11(15)5-6-12(9)17-14(20)10(2)18(4)8-13(19)16-3/h5-7,10H,8,15H2,1-4H3,(H,16,19)(H,17,20). The second kappa shape index (κ2) is 6.91. The maximum Gasteiger partial charge on any atom is 0.241 e. The number of carbonyl (C=O) groups excluding carboxylic acids is 2. The lowest BCUT2D eigenvalue weighted by Crippen LogP contribution is -2.44. The molecular formula is C14H22N4O2. The maximum atomic E-state index is 12.1. The Kier molecular flexibility index (Phi) is 5.52. The molecule has 1 unspecified atom stereocenters. The van der Waals surface area contributed by atoms with Crippen LogP contribution >= 0.6 is 0 Å². The summed E-state index contributed by atoms with van der Waals surface area (Å²) in [7, 11) is 3.30. The van der Waals surface area contributed by atoms with Crippen LogP contribution < -0.4 is 16.4 Å². The maximum absolute atomic E-state index is 12.1. The Balaban J connectivity index is 2.67.